The van der Waals surface area contributed by atoms with Gasteiger partial charge < -0.3 is 4.74 Å². The van der Waals surface area contributed by atoms with E-state index in [1.807, 2.05) is 13.8 Å². The van der Waals surface area contributed by atoms with E-state index < -0.39 is 5.18 Å². The SMILES string of the molecule is CC1OC(C)(Cl)NC1(C)C. The van der Waals surface area contributed by atoms with Gasteiger partial charge in [-0.3, -0.25) is 5.32 Å². The third kappa shape index (κ3) is 1.44. The number of nitrogens with one attached hydrogen (secondary N) is 1. The lowest BCUT2D eigenvalue weighted by Crippen LogP contribution is -2.44. The molecular weight excluding hydrogens is 150 g/mol. The highest BCUT2D eigenvalue weighted by Crippen LogP contribution is 2.31. The molecular formula is C7H14ClNO. The summed E-state index contributed by atoms with van der Waals surface area (Å²) in [5.74, 6) is 0. The summed E-state index contributed by atoms with van der Waals surface area (Å²) in [5.41, 5.74) is -0.0174. The normalized spacial score (nSPS) is 45.9. The van der Waals surface area contributed by atoms with Gasteiger partial charge >= 0.3 is 0 Å². The van der Waals surface area contributed by atoms with Gasteiger partial charge in [0.25, 0.3) is 0 Å². The molecule has 1 saturated heterocycles. The van der Waals surface area contributed by atoms with Crippen LogP contribution in [0.5, 0.6) is 0 Å². The van der Waals surface area contributed by atoms with E-state index in [0.29, 0.717) is 0 Å². The molecule has 1 rings (SSSR count). The second-order valence-electron chi connectivity index (χ2n) is 3.52. The number of alkyl halides is 1. The Bertz CT molecular complexity index is 145. The summed E-state index contributed by atoms with van der Waals surface area (Å²) >= 11 is 5.91. The smallest absolute Gasteiger partial charge is 0.194 e. The number of hydrogen-bond donors (Lipinski definition) is 1. The van der Waals surface area contributed by atoms with Crippen LogP contribution in [-0.4, -0.2) is 16.8 Å². The molecule has 1 heterocycles. The van der Waals surface area contributed by atoms with Gasteiger partial charge in [0.2, 0.25) is 0 Å². The van der Waals surface area contributed by atoms with Crippen molar-refractivity contribution in [2.45, 2.75) is 44.5 Å². The van der Waals surface area contributed by atoms with Crippen molar-refractivity contribution in [1.29, 1.82) is 0 Å². The van der Waals surface area contributed by atoms with E-state index in [9.17, 15) is 0 Å². The van der Waals surface area contributed by atoms with Crippen LogP contribution in [0.15, 0.2) is 0 Å². The number of ether oxygens (including phenoxy) is 1. The second kappa shape index (κ2) is 2.10. The lowest BCUT2D eigenvalue weighted by Gasteiger charge is -2.21. The van der Waals surface area contributed by atoms with Gasteiger partial charge in [-0.05, 0) is 27.7 Å². The lowest BCUT2D eigenvalue weighted by atomic mass is 10.0. The molecule has 60 valence electrons. The van der Waals surface area contributed by atoms with E-state index in [1.54, 1.807) is 0 Å². The van der Waals surface area contributed by atoms with Crippen LogP contribution in [0, 0.1) is 0 Å². The van der Waals surface area contributed by atoms with Crippen molar-refractivity contribution in [3.63, 3.8) is 0 Å². The Labute approximate surface area is 66.9 Å². The van der Waals surface area contributed by atoms with E-state index in [1.165, 1.54) is 0 Å². The van der Waals surface area contributed by atoms with Crippen molar-refractivity contribution in [3.8, 4) is 0 Å². The predicted octanol–water partition coefficient (Wildman–Crippen LogP) is 1.69. The summed E-state index contributed by atoms with van der Waals surface area (Å²) in [7, 11) is 0. The minimum Gasteiger partial charge on any atom is -0.342 e. The van der Waals surface area contributed by atoms with Crippen LogP contribution in [0.2, 0.25) is 0 Å². The molecule has 1 aliphatic rings. The van der Waals surface area contributed by atoms with Crippen molar-refractivity contribution in [2.75, 3.05) is 0 Å². The average molecular weight is 164 g/mol. The maximum Gasteiger partial charge on any atom is 0.194 e. The van der Waals surface area contributed by atoms with Gasteiger partial charge in [-0.15, -0.1) is 0 Å². The zero-order valence-corrected chi connectivity index (χ0v) is 7.62. The maximum atomic E-state index is 5.91. The molecule has 1 aliphatic heterocycles. The molecule has 1 fully saturated rings. The summed E-state index contributed by atoms with van der Waals surface area (Å²) in [6.07, 6.45) is 0.162. The van der Waals surface area contributed by atoms with Crippen LogP contribution in [0.3, 0.4) is 0 Å². The number of halogens is 1. The molecule has 1 N–H and O–H groups in total. The van der Waals surface area contributed by atoms with Gasteiger partial charge in [0.1, 0.15) is 0 Å². The largest absolute Gasteiger partial charge is 0.342 e. The molecule has 0 radical (unpaired) electrons. The Morgan fingerprint density at radius 2 is 1.90 bits per heavy atom. The Morgan fingerprint density at radius 1 is 1.40 bits per heavy atom. The Balaban J connectivity index is 2.71. The van der Waals surface area contributed by atoms with Gasteiger partial charge in [0.15, 0.2) is 5.18 Å². The maximum absolute atomic E-state index is 5.91. The van der Waals surface area contributed by atoms with E-state index in [0.717, 1.165) is 0 Å². The van der Waals surface area contributed by atoms with Crippen LogP contribution >= 0.6 is 11.6 Å². The minimum atomic E-state index is -0.678. The van der Waals surface area contributed by atoms with Gasteiger partial charge in [0, 0.05) is 5.54 Å². The summed E-state index contributed by atoms with van der Waals surface area (Å²) in [5, 5.41) is 2.48. The molecule has 0 amide bonds. The molecule has 0 spiro atoms. The van der Waals surface area contributed by atoms with Crippen LogP contribution < -0.4 is 5.32 Å². The first-order valence-corrected chi connectivity index (χ1v) is 3.87. The lowest BCUT2D eigenvalue weighted by molar-refractivity contribution is 0.0246. The molecule has 0 saturated carbocycles. The van der Waals surface area contributed by atoms with Gasteiger partial charge in [0.05, 0.1) is 6.10 Å². The van der Waals surface area contributed by atoms with Crippen LogP contribution in [0.4, 0.5) is 0 Å². The topological polar surface area (TPSA) is 21.3 Å². The molecule has 0 aromatic heterocycles. The fraction of sp³-hybridized carbons (Fsp3) is 1.00. The first kappa shape index (κ1) is 8.31. The van der Waals surface area contributed by atoms with Crippen LogP contribution in [0.1, 0.15) is 27.7 Å². The molecule has 3 heteroatoms. The van der Waals surface area contributed by atoms with Gasteiger partial charge in [-0.2, -0.15) is 0 Å². The Hall–Kier alpha value is 0.210. The second-order valence-corrected chi connectivity index (χ2v) is 4.24. The summed E-state index contributed by atoms with van der Waals surface area (Å²) in [4.78, 5) is 0. The zero-order valence-electron chi connectivity index (χ0n) is 6.86. The van der Waals surface area contributed by atoms with Crippen molar-refractivity contribution in [3.05, 3.63) is 0 Å². The highest BCUT2D eigenvalue weighted by atomic mass is 35.5. The Kier molecular flexibility index (Phi) is 1.74. The molecule has 10 heavy (non-hydrogen) atoms. The van der Waals surface area contributed by atoms with Crippen molar-refractivity contribution < 1.29 is 4.74 Å². The third-order valence-electron chi connectivity index (χ3n) is 1.96. The van der Waals surface area contributed by atoms with E-state index in [2.05, 4.69) is 19.2 Å². The van der Waals surface area contributed by atoms with E-state index in [-0.39, 0.29) is 11.6 Å². The fourth-order valence-electron chi connectivity index (χ4n) is 1.19. The molecule has 2 atom stereocenters. The first-order valence-electron chi connectivity index (χ1n) is 3.49. The summed E-state index contributed by atoms with van der Waals surface area (Å²) in [6, 6.07) is 0. The van der Waals surface area contributed by atoms with Crippen LogP contribution in [0.25, 0.3) is 0 Å². The molecule has 2 unspecified atom stereocenters. The van der Waals surface area contributed by atoms with Gasteiger partial charge in [-0.1, -0.05) is 11.6 Å². The molecule has 0 aromatic carbocycles. The molecule has 2 nitrogen and oxygen atoms in total. The number of rotatable bonds is 0. The highest BCUT2D eigenvalue weighted by molar-refractivity contribution is 6.22. The molecule has 0 aromatic rings. The van der Waals surface area contributed by atoms with Crippen LogP contribution in [-0.2, 0) is 4.74 Å². The van der Waals surface area contributed by atoms with Crippen molar-refractivity contribution >= 4 is 11.6 Å². The molecule has 0 bridgehead atoms. The van der Waals surface area contributed by atoms with E-state index >= 15 is 0 Å². The minimum absolute atomic E-state index is 0.0174. The van der Waals surface area contributed by atoms with E-state index in [4.69, 9.17) is 16.3 Å². The van der Waals surface area contributed by atoms with Gasteiger partial charge in [-0.25, -0.2) is 0 Å². The summed E-state index contributed by atoms with van der Waals surface area (Å²) in [6.45, 7) is 7.98. The quantitative estimate of drug-likeness (QED) is 0.434. The van der Waals surface area contributed by atoms with Crippen molar-refractivity contribution in [2.24, 2.45) is 0 Å². The standard InChI is InChI=1S/C7H14ClNO/c1-5-6(2,3)9-7(4,8)10-5/h5,9H,1-4H3. The average Bonchev–Trinajstić information content (AvgIpc) is 1.73. The predicted molar refractivity (Wildman–Crippen MR) is 42.0 cm³/mol. The molecule has 0 aliphatic carbocycles. The number of hydrogen-bond acceptors (Lipinski definition) is 2. The fourth-order valence-corrected chi connectivity index (χ4v) is 1.56. The zero-order chi connectivity index (χ0) is 7.99. The van der Waals surface area contributed by atoms with Crippen molar-refractivity contribution in [1.82, 2.24) is 5.32 Å². The summed E-state index contributed by atoms with van der Waals surface area (Å²) < 4.78 is 5.42. The highest BCUT2D eigenvalue weighted by Gasteiger charge is 2.44. The third-order valence-corrected chi connectivity index (χ3v) is 2.14. The first-order chi connectivity index (χ1) is 4.33. The monoisotopic (exact) mass is 163 g/mol. The Morgan fingerprint density at radius 3 is 2.00 bits per heavy atom.